The first-order valence-corrected chi connectivity index (χ1v) is 9.33. The zero-order valence-corrected chi connectivity index (χ0v) is 17.0. The third kappa shape index (κ3) is 3.48. The van der Waals surface area contributed by atoms with Gasteiger partial charge >= 0.3 is 0 Å². The number of anilines is 1. The Morgan fingerprint density at radius 2 is 1.71 bits per heavy atom. The van der Waals surface area contributed by atoms with Crippen LogP contribution in [0.1, 0.15) is 32.4 Å². The predicted molar refractivity (Wildman–Crippen MR) is 109 cm³/mol. The molecular weight excluding hydrogens is 401 g/mol. The SMILES string of the molecule is CC(C)(C)C(=O)C1=C(O)C(=O)N(c2ccc(Cl)c(Cl)c2)C1c1cccc(O)c1. The molecule has 28 heavy (non-hydrogen) atoms. The van der Waals surface area contributed by atoms with E-state index in [1.165, 1.54) is 29.2 Å². The zero-order chi connectivity index (χ0) is 20.8. The number of aliphatic hydroxyl groups is 1. The van der Waals surface area contributed by atoms with E-state index in [2.05, 4.69) is 0 Å². The third-order valence-corrected chi connectivity index (χ3v) is 5.24. The van der Waals surface area contributed by atoms with Crippen LogP contribution >= 0.6 is 23.2 Å². The second kappa shape index (κ2) is 7.15. The number of Topliss-reactive ketones (excluding diaryl/α,β-unsaturated/α-hetero) is 1. The molecule has 2 aromatic carbocycles. The Labute approximate surface area is 172 Å². The summed E-state index contributed by atoms with van der Waals surface area (Å²) in [5.41, 5.74) is 0.00742. The predicted octanol–water partition coefficient (Wildman–Crippen LogP) is 5.21. The quantitative estimate of drug-likeness (QED) is 0.714. The minimum Gasteiger partial charge on any atom is -0.508 e. The molecule has 3 rings (SSSR count). The van der Waals surface area contributed by atoms with Crippen molar-refractivity contribution in [1.82, 2.24) is 0 Å². The lowest BCUT2D eigenvalue weighted by Crippen LogP contribution is -2.32. The molecule has 1 heterocycles. The fourth-order valence-electron chi connectivity index (χ4n) is 3.15. The summed E-state index contributed by atoms with van der Waals surface area (Å²) in [4.78, 5) is 27.3. The van der Waals surface area contributed by atoms with Crippen LogP contribution < -0.4 is 4.90 Å². The fraction of sp³-hybridized carbons (Fsp3) is 0.238. The lowest BCUT2D eigenvalue weighted by molar-refractivity contribution is -0.123. The van der Waals surface area contributed by atoms with Gasteiger partial charge in [-0.3, -0.25) is 14.5 Å². The highest BCUT2D eigenvalue weighted by atomic mass is 35.5. The number of amides is 1. The normalized spacial score (nSPS) is 17.4. The van der Waals surface area contributed by atoms with Crippen LogP contribution in [0.15, 0.2) is 53.8 Å². The topological polar surface area (TPSA) is 77.8 Å². The molecule has 1 atom stereocenters. The maximum absolute atomic E-state index is 13.1. The van der Waals surface area contributed by atoms with Crippen molar-refractivity contribution in [1.29, 1.82) is 0 Å². The summed E-state index contributed by atoms with van der Waals surface area (Å²) in [6.07, 6.45) is 0. The van der Waals surface area contributed by atoms with E-state index in [0.717, 1.165) is 0 Å². The van der Waals surface area contributed by atoms with Gasteiger partial charge in [0.25, 0.3) is 5.91 Å². The average Bonchev–Trinajstić information content (AvgIpc) is 2.87. The van der Waals surface area contributed by atoms with Gasteiger partial charge in [-0.15, -0.1) is 0 Å². The number of aromatic hydroxyl groups is 1. The van der Waals surface area contributed by atoms with Crippen LogP contribution in [0, 0.1) is 5.41 Å². The lowest BCUT2D eigenvalue weighted by Gasteiger charge is -2.29. The summed E-state index contributed by atoms with van der Waals surface area (Å²) in [6.45, 7) is 5.13. The Bertz CT molecular complexity index is 1010. The van der Waals surface area contributed by atoms with Crippen molar-refractivity contribution in [2.75, 3.05) is 4.90 Å². The van der Waals surface area contributed by atoms with E-state index in [9.17, 15) is 19.8 Å². The van der Waals surface area contributed by atoms with Gasteiger partial charge in [-0.2, -0.15) is 0 Å². The molecule has 1 unspecified atom stereocenters. The molecule has 1 aliphatic rings. The van der Waals surface area contributed by atoms with Crippen LogP contribution in [0.3, 0.4) is 0 Å². The number of nitrogens with zero attached hydrogens (tertiary/aromatic N) is 1. The maximum atomic E-state index is 13.1. The maximum Gasteiger partial charge on any atom is 0.294 e. The Hall–Kier alpha value is -2.50. The molecule has 0 aromatic heterocycles. The summed E-state index contributed by atoms with van der Waals surface area (Å²) < 4.78 is 0. The first kappa shape index (κ1) is 20.2. The third-order valence-electron chi connectivity index (χ3n) is 4.50. The van der Waals surface area contributed by atoms with E-state index in [1.54, 1.807) is 39.0 Å². The van der Waals surface area contributed by atoms with Gasteiger partial charge in [-0.1, -0.05) is 56.1 Å². The standard InChI is InChI=1S/C21H19Cl2NO4/c1-21(2,3)19(27)16-17(11-5-4-6-13(25)9-11)24(20(28)18(16)26)12-7-8-14(22)15(23)10-12/h4-10,17,25-26H,1-3H3. The summed E-state index contributed by atoms with van der Waals surface area (Å²) in [6, 6.07) is 9.92. The van der Waals surface area contributed by atoms with Gasteiger partial charge in [0, 0.05) is 11.1 Å². The molecule has 0 bridgehead atoms. The molecule has 0 spiro atoms. The highest BCUT2D eigenvalue weighted by Gasteiger charge is 2.46. The molecule has 0 aliphatic carbocycles. The molecule has 0 saturated carbocycles. The van der Waals surface area contributed by atoms with Crippen molar-refractivity contribution in [2.45, 2.75) is 26.8 Å². The Kier molecular flexibility index (Phi) is 5.17. The fourth-order valence-corrected chi connectivity index (χ4v) is 3.45. The van der Waals surface area contributed by atoms with Crippen molar-refractivity contribution in [3.8, 4) is 5.75 Å². The van der Waals surface area contributed by atoms with E-state index >= 15 is 0 Å². The van der Waals surface area contributed by atoms with Crippen molar-refractivity contribution < 1.29 is 19.8 Å². The minimum atomic E-state index is -0.913. The van der Waals surface area contributed by atoms with E-state index < -0.39 is 23.1 Å². The Morgan fingerprint density at radius 1 is 1.04 bits per heavy atom. The number of hydrogen-bond acceptors (Lipinski definition) is 4. The number of phenolic OH excluding ortho intramolecular Hbond substituents is 1. The van der Waals surface area contributed by atoms with Crippen LogP contribution in [0.5, 0.6) is 5.75 Å². The number of benzene rings is 2. The first-order chi connectivity index (χ1) is 13.0. The van der Waals surface area contributed by atoms with E-state index in [4.69, 9.17) is 23.2 Å². The van der Waals surface area contributed by atoms with Gasteiger partial charge in [-0.05, 0) is 35.9 Å². The number of hydrogen-bond donors (Lipinski definition) is 2. The van der Waals surface area contributed by atoms with Crippen molar-refractivity contribution in [3.63, 3.8) is 0 Å². The molecule has 7 heteroatoms. The smallest absolute Gasteiger partial charge is 0.294 e. The van der Waals surface area contributed by atoms with Crippen LogP contribution in [-0.2, 0) is 9.59 Å². The van der Waals surface area contributed by atoms with E-state index in [1.807, 2.05) is 0 Å². The molecule has 5 nitrogen and oxygen atoms in total. The zero-order valence-electron chi connectivity index (χ0n) is 15.5. The second-order valence-corrected chi connectivity index (χ2v) is 8.43. The molecule has 2 N–H and O–H groups in total. The molecule has 2 aromatic rings. The van der Waals surface area contributed by atoms with Crippen LogP contribution in [0.4, 0.5) is 5.69 Å². The number of carbonyl (C=O) groups is 2. The highest BCUT2D eigenvalue weighted by molar-refractivity contribution is 6.42. The average molecular weight is 420 g/mol. The molecule has 146 valence electrons. The highest BCUT2D eigenvalue weighted by Crippen LogP contribution is 2.44. The van der Waals surface area contributed by atoms with Gasteiger partial charge in [0.1, 0.15) is 5.75 Å². The molecule has 0 saturated heterocycles. The van der Waals surface area contributed by atoms with Crippen LogP contribution in [0.25, 0.3) is 0 Å². The Morgan fingerprint density at radius 3 is 2.29 bits per heavy atom. The van der Waals surface area contributed by atoms with Gasteiger partial charge in [0.2, 0.25) is 0 Å². The summed E-state index contributed by atoms with van der Waals surface area (Å²) in [5.74, 6) is -1.72. The largest absolute Gasteiger partial charge is 0.508 e. The Balaban J connectivity index is 2.23. The van der Waals surface area contributed by atoms with Crippen molar-refractivity contribution in [2.24, 2.45) is 5.41 Å². The number of carbonyl (C=O) groups excluding carboxylic acids is 2. The van der Waals surface area contributed by atoms with Gasteiger partial charge in [-0.25, -0.2) is 0 Å². The number of ketones is 1. The lowest BCUT2D eigenvalue weighted by atomic mass is 9.82. The monoisotopic (exact) mass is 419 g/mol. The molecule has 0 fully saturated rings. The van der Waals surface area contributed by atoms with E-state index in [-0.39, 0.29) is 22.1 Å². The van der Waals surface area contributed by atoms with Crippen molar-refractivity contribution >= 4 is 40.6 Å². The number of aliphatic hydroxyl groups excluding tert-OH is 1. The van der Waals surface area contributed by atoms with Gasteiger partial charge in [0.15, 0.2) is 11.5 Å². The molecule has 1 amide bonds. The van der Waals surface area contributed by atoms with Gasteiger partial charge in [0.05, 0.1) is 21.7 Å². The summed E-state index contributed by atoms with van der Waals surface area (Å²) in [5, 5.41) is 21.1. The summed E-state index contributed by atoms with van der Waals surface area (Å²) >= 11 is 12.1. The molecular formula is C21H19Cl2NO4. The second-order valence-electron chi connectivity index (χ2n) is 7.61. The van der Waals surface area contributed by atoms with E-state index in [0.29, 0.717) is 16.3 Å². The molecule has 1 aliphatic heterocycles. The van der Waals surface area contributed by atoms with Crippen LogP contribution in [-0.4, -0.2) is 21.9 Å². The van der Waals surface area contributed by atoms with Gasteiger partial charge < -0.3 is 10.2 Å². The van der Waals surface area contributed by atoms with Crippen molar-refractivity contribution in [3.05, 3.63) is 69.4 Å². The first-order valence-electron chi connectivity index (χ1n) is 8.58. The molecule has 0 radical (unpaired) electrons. The number of rotatable bonds is 3. The summed E-state index contributed by atoms with van der Waals surface area (Å²) in [7, 11) is 0. The number of phenols is 1. The minimum absolute atomic E-state index is 0.0193. The van der Waals surface area contributed by atoms with Crippen LogP contribution in [0.2, 0.25) is 10.0 Å². The number of halogens is 2.